The molecule has 0 aliphatic heterocycles. The number of aliphatic hydroxyl groups excluding tert-OH is 1. The van der Waals surface area contributed by atoms with Crippen LogP contribution in [0.2, 0.25) is 16.6 Å². The molecule has 0 bridgehead atoms. The minimum atomic E-state index is -1.97. The molecule has 0 radical (unpaired) electrons. The summed E-state index contributed by atoms with van der Waals surface area (Å²) < 4.78 is 14.1. The third-order valence-corrected chi connectivity index (χ3v) is 15.0. The molecule has 5 atom stereocenters. The van der Waals surface area contributed by atoms with E-state index in [9.17, 15) is 5.11 Å². The number of ether oxygens (including phenoxy) is 1. The lowest BCUT2D eigenvalue weighted by Crippen LogP contribution is -2.60. The standard InChI is InChI=1S/C24H47BrO3Si/c1-16(2)29(17(3)4,18(5)6)28-23-15-21(25)14-22(27-20(8)19(7)26)24(23)12-10-9-11-13-24/h16-23,26H,9-15H2,1-8H3/t19-,20-,21+,22-,23-/m1/s1. The van der Waals surface area contributed by atoms with Crippen LogP contribution < -0.4 is 0 Å². The molecule has 0 heterocycles. The first-order valence-corrected chi connectivity index (χ1v) is 15.2. The highest BCUT2D eigenvalue weighted by Crippen LogP contribution is 2.55. The lowest BCUT2D eigenvalue weighted by atomic mass is 9.62. The van der Waals surface area contributed by atoms with E-state index in [-0.39, 0.29) is 23.7 Å². The Balaban J connectivity index is 2.43. The van der Waals surface area contributed by atoms with Crippen LogP contribution in [0.15, 0.2) is 0 Å². The highest BCUT2D eigenvalue weighted by atomic mass is 79.9. The molecule has 0 amide bonds. The van der Waals surface area contributed by atoms with Crippen molar-refractivity contribution in [2.24, 2.45) is 5.41 Å². The number of aliphatic hydroxyl groups is 1. The van der Waals surface area contributed by atoms with Gasteiger partial charge in [0.2, 0.25) is 8.32 Å². The van der Waals surface area contributed by atoms with Gasteiger partial charge >= 0.3 is 0 Å². The van der Waals surface area contributed by atoms with Crippen molar-refractivity contribution in [3.63, 3.8) is 0 Å². The highest BCUT2D eigenvalue weighted by Gasteiger charge is 2.56. The van der Waals surface area contributed by atoms with Crippen LogP contribution in [-0.4, -0.2) is 42.7 Å². The molecule has 0 unspecified atom stereocenters. The fourth-order valence-electron chi connectivity index (χ4n) is 6.48. The molecule has 29 heavy (non-hydrogen) atoms. The summed E-state index contributed by atoms with van der Waals surface area (Å²) in [7, 11) is -1.97. The number of rotatable bonds is 8. The molecule has 172 valence electrons. The summed E-state index contributed by atoms with van der Waals surface area (Å²) in [6, 6.07) is 0. The Labute approximate surface area is 190 Å². The van der Waals surface area contributed by atoms with Gasteiger partial charge in [-0.05, 0) is 56.2 Å². The molecule has 2 aliphatic carbocycles. The fourth-order valence-corrected chi connectivity index (χ4v) is 12.8. The summed E-state index contributed by atoms with van der Waals surface area (Å²) >= 11 is 3.96. The molecule has 2 aliphatic rings. The van der Waals surface area contributed by atoms with Crippen molar-refractivity contribution in [3.8, 4) is 0 Å². The maximum absolute atomic E-state index is 10.1. The van der Waals surface area contributed by atoms with E-state index in [0.29, 0.717) is 21.5 Å². The molecular formula is C24H47BrO3Si. The van der Waals surface area contributed by atoms with Crippen LogP contribution in [0, 0.1) is 5.41 Å². The number of hydrogen-bond acceptors (Lipinski definition) is 3. The summed E-state index contributed by atoms with van der Waals surface area (Å²) in [6.45, 7) is 18.2. The first-order chi connectivity index (χ1) is 13.5. The van der Waals surface area contributed by atoms with Crippen molar-refractivity contribution < 1.29 is 14.3 Å². The van der Waals surface area contributed by atoms with E-state index in [4.69, 9.17) is 9.16 Å². The molecule has 1 N–H and O–H groups in total. The van der Waals surface area contributed by atoms with Gasteiger partial charge in [0.1, 0.15) is 0 Å². The maximum atomic E-state index is 10.1. The van der Waals surface area contributed by atoms with Gasteiger partial charge < -0.3 is 14.3 Å². The molecular weight excluding hydrogens is 444 g/mol. The van der Waals surface area contributed by atoms with Gasteiger partial charge in [0.15, 0.2) is 0 Å². The summed E-state index contributed by atoms with van der Waals surface area (Å²) in [4.78, 5) is 0.421. The van der Waals surface area contributed by atoms with Gasteiger partial charge in [-0.2, -0.15) is 0 Å². The third kappa shape index (κ3) is 5.32. The second-order valence-corrected chi connectivity index (χ2v) is 17.6. The van der Waals surface area contributed by atoms with Gasteiger partial charge in [0.25, 0.3) is 0 Å². The van der Waals surface area contributed by atoms with Crippen LogP contribution in [0.3, 0.4) is 0 Å². The first-order valence-electron chi connectivity index (χ1n) is 12.1. The van der Waals surface area contributed by atoms with Crippen LogP contribution in [0.1, 0.15) is 100 Å². The Morgan fingerprint density at radius 1 is 0.828 bits per heavy atom. The molecule has 0 aromatic heterocycles. The van der Waals surface area contributed by atoms with Crippen LogP contribution >= 0.6 is 15.9 Å². The second-order valence-electron chi connectivity index (χ2n) is 10.9. The van der Waals surface area contributed by atoms with Gasteiger partial charge in [-0.3, -0.25) is 0 Å². The van der Waals surface area contributed by atoms with Gasteiger partial charge in [0.05, 0.1) is 24.4 Å². The smallest absolute Gasteiger partial charge is 0.200 e. The Kier molecular flexibility index (Phi) is 9.32. The monoisotopic (exact) mass is 490 g/mol. The molecule has 0 saturated heterocycles. The van der Waals surface area contributed by atoms with Crippen LogP contribution in [-0.2, 0) is 9.16 Å². The molecule has 2 rings (SSSR count). The van der Waals surface area contributed by atoms with E-state index >= 15 is 0 Å². The molecule has 2 saturated carbocycles. The molecule has 0 aromatic carbocycles. The Morgan fingerprint density at radius 2 is 1.31 bits per heavy atom. The zero-order valence-corrected chi connectivity index (χ0v) is 22.8. The minimum Gasteiger partial charge on any atom is -0.412 e. The van der Waals surface area contributed by atoms with Crippen molar-refractivity contribution in [1.82, 2.24) is 0 Å². The summed E-state index contributed by atoms with van der Waals surface area (Å²) in [5, 5.41) is 10.1. The first kappa shape index (κ1) is 25.8. The maximum Gasteiger partial charge on any atom is 0.200 e. The fraction of sp³-hybridized carbons (Fsp3) is 1.00. The van der Waals surface area contributed by atoms with E-state index in [0.717, 1.165) is 12.8 Å². The van der Waals surface area contributed by atoms with Gasteiger partial charge in [-0.1, -0.05) is 76.7 Å². The zero-order chi connectivity index (χ0) is 22.0. The molecule has 5 heteroatoms. The predicted octanol–water partition coefficient (Wildman–Crippen LogP) is 7.21. The highest BCUT2D eigenvalue weighted by molar-refractivity contribution is 9.09. The Bertz CT molecular complexity index is 481. The van der Waals surface area contributed by atoms with Crippen molar-refractivity contribution in [2.75, 3.05) is 0 Å². The Hall–Kier alpha value is 0.577. The molecule has 1 spiro atoms. The predicted molar refractivity (Wildman–Crippen MR) is 129 cm³/mol. The van der Waals surface area contributed by atoms with Crippen molar-refractivity contribution in [2.45, 2.75) is 146 Å². The quantitative estimate of drug-likeness (QED) is 0.288. The molecule has 2 fully saturated rings. The van der Waals surface area contributed by atoms with E-state index < -0.39 is 14.4 Å². The molecule has 0 aromatic rings. The zero-order valence-electron chi connectivity index (χ0n) is 20.2. The number of halogens is 1. The van der Waals surface area contributed by atoms with E-state index in [1.54, 1.807) is 0 Å². The molecule has 3 nitrogen and oxygen atoms in total. The minimum absolute atomic E-state index is 0.0998. The van der Waals surface area contributed by atoms with Crippen LogP contribution in [0.25, 0.3) is 0 Å². The normalized spacial score (nSPS) is 30.3. The van der Waals surface area contributed by atoms with Gasteiger partial charge in [-0.15, -0.1) is 0 Å². The lowest BCUT2D eigenvalue weighted by Gasteiger charge is -2.57. The van der Waals surface area contributed by atoms with Gasteiger partial charge in [0, 0.05) is 10.2 Å². The summed E-state index contributed by atoms with van der Waals surface area (Å²) in [6.07, 6.45) is 8.22. The third-order valence-electron chi connectivity index (χ3n) is 8.12. The average Bonchev–Trinajstić information content (AvgIpc) is 2.63. The van der Waals surface area contributed by atoms with Gasteiger partial charge in [-0.25, -0.2) is 0 Å². The van der Waals surface area contributed by atoms with Crippen LogP contribution in [0.5, 0.6) is 0 Å². The van der Waals surface area contributed by atoms with Crippen molar-refractivity contribution in [1.29, 1.82) is 0 Å². The average molecular weight is 492 g/mol. The SMILES string of the molecule is CC(C)[Si](O[C@@H]1C[C@@H](Br)C[C@@H](O[C@H](C)[C@@H](C)O)C12CCCCC2)(C(C)C)C(C)C. The summed E-state index contributed by atoms with van der Waals surface area (Å²) in [5.41, 5.74) is 1.88. The summed E-state index contributed by atoms with van der Waals surface area (Å²) in [5.74, 6) is 0. The van der Waals surface area contributed by atoms with E-state index in [1.165, 1.54) is 32.1 Å². The Morgan fingerprint density at radius 3 is 1.76 bits per heavy atom. The lowest BCUT2D eigenvalue weighted by molar-refractivity contribution is -0.172. The van der Waals surface area contributed by atoms with Crippen molar-refractivity contribution >= 4 is 24.2 Å². The topological polar surface area (TPSA) is 38.7 Å². The van der Waals surface area contributed by atoms with Crippen molar-refractivity contribution in [3.05, 3.63) is 0 Å². The number of hydrogen-bond donors (Lipinski definition) is 1. The van der Waals surface area contributed by atoms with E-state index in [1.807, 2.05) is 13.8 Å². The largest absolute Gasteiger partial charge is 0.412 e. The van der Waals surface area contributed by atoms with E-state index in [2.05, 4.69) is 57.5 Å². The number of alkyl halides is 1. The van der Waals surface area contributed by atoms with Crippen LogP contribution in [0.4, 0.5) is 0 Å². The second kappa shape index (κ2) is 10.5.